The first-order chi connectivity index (χ1) is 14.3. The number of benzene rings is 3. The Morgan fingerprint density at radius 3 is 1.27 bits per heavy atom. The zero-order valence-electron chi connectivity index (χ0n) is 19.5. The summed E-state index contributed by atoms with van der Waals surface area (Å²) in [7, 11) is -2.18. The van der Waals surface area contributed by atoms with E-state index in [4.69, 9.17) is 0 Å². The first-order valence-electron chi connectivity index (χ1n) is 11.5. The van der Waals surface area contributed by atoms with Gasteiger partial charge in [0, 0.05) is 0 Å². The molecule has 0 heterocycles. The van der Waals surface area contributed by atoms with Gasteiger partial charge in [0.15, 0.2) is 0 Å². The van der Waals surface area contributed by atoms with Crippen molar-refractivity contribution in [3.8, 4) is 0 Å². The predicted octanol–water partition coefficient (Wildman–Crippen LogP) is 6.96. The summed E-state index contributed by atoms with van der Waals surface area (Å²) in [5.41, 5.74) is 0.606. The first kappa shape index (κ1) is 22.8. The van der Waals surface area contributed by atoms with Crippen LogP contribution in [0.1, 0.15) is 53.9 Å². The summed E-state index contributed by atoms with van der Waals surface area (Å²) in [6.07, 6.45) is 5.00. The van der Waals surface area contributed by atoms with Crippen molar-refractivity contribution in [2.45, 2.75) is 53.9 Å². The molecule has 0 unspecified atom stereocenters. The van der Waals surface area contributed by atoms with Gasteiger partial charge >= 0.3 is 185 Å². The molecule has 0 saturated heterocycles. The monoisotopic (exact) mass is 418 g/mol. The molecule has 1 heteroatoms. The van der Waals surface area contributed by atoms with Gasteiger partial charge < -0.3 is 0 Å². The van der Waals surface area contributed by atoms with Gasteiger partial charge in [-0.3, -0.25) is 0 Å². The number of rotatable bonds is 9. The molecular weight excluding hydrogens is 379 g/mol. The quantitative estimate of drug-likeness (QED) is 0.330. The van der Waals surface area contributed by atoms with Crippen LogP contribution in [0.4, 0.5) is 0 Å². The maximum absolute atomic E-state index is 2.50. The minimum atomic E-state index is -2.18. The fourth-order valence-electron chi connectivity index (χ4n) is 5.82. The normalized spacial score (nSPS) is 13.2. The van der Waals surface area contributed by atoms with E-state index in [-0.39, 0.29) is 5.41 Å². The molecule has 0 atom stereocenters. The predicted molar refractivity (Wildman–Crippen MR) is 138 cm³/mol. The standard InChI is InChI=1S/C29H39P/c1-6-22-28(2,3)23-29(4,5)24-30(25-16-10-7-11-17-25,26-18-12-8-13-19-26)27-20-14-9-15-21-27/h7-21,30H,6,22-24H2,1-5H3. The molecule has 0 amide bonds. The molecule has 0 nitrogen and oxygen atoms in total. The molecular formula is C29H39P. The van der Waals surface area contributed by atoms with Crippen LogP contribution in [0.25, 0.3) is 0 Å². The van der Waals surface area contributed by atoms with E-state index in [0.29, 0.717) is 5.41 Å². The third-order valence-electron chi connectivity index (χ3n) is 6.43. The molecule has 0 saturated carbocycles. The minimum absolute atomic E-state index is 0.242. The molecule has 0 bridgehead atoms. The van der Waals surface area contributed by atoms with E-state index in [1.54, 1.807) is 0 Å². The van der Waals surface area contributed by atoms with Crippen molar-refractivity contribution in [3.63, 3.8) is 0 Å². The molecule has 0 fully saturated rings. The molecule has 0 aliphatic heterocycles. The third kappa shape index (κ3) is 5.22. The zero-order valence-corrected chi connectivity index (χ0v) is 20.5. The SMILES string of the molecule is CCCC(C)(C)CC(C)(C)C[PH](c1ccccc1)(c1ccccc1)c1ccccc1. The number of hydrogen-bond acceptors (Lipinski definition) is 0. The van der Waals surface area contributed by atoms with E-state index in [0.717, 1.165) is 0 Å². The average molecular weight is 419 g/mol. The van der Waals surface area contributed by atoms with Crippen LogP contribution in [0.5, 0.6) is 0 Å². The van der Waals surface area contributed by atoms with Gasteiger partial charge in [-0.2, -0.15) is 0 Å². The van der Waals surface area contributed by atoms with Crippen LogP contribution in [0.15, 0.2) is 91.0 Å². The molecule has 30 heavy (non-hydrogen) atoms. The molecule has 0 radical (unpaired) electrons. The van der Waals surface area contributed by atoms with Crippen LogP contribution < -0.4 is 15.9 Å². The van der Waals surface area contributed by atoms with Crippen molar-refractivity contribution in [3.05, 3.63) is 91.0 Å². The van der Waals surface area contributed by atoms with Crippen LogP contribution in [0, 0.1) is 10.8 Å². The van der Waals surface area contributed by atoms with Crippen LogP contribution >= 0.6 is 7.26 Å². The van der Waals surface area contributed by atoms with Gasteiger partial charge in [0.2, 0.25) is 0 Å². The van der Waals surface area contributed by atoms with E-state index in [1.807, 2.05) is 0 Å². The zero-order chi connectivity index (χ0) is 21.7. The molecule has 0 N–H and O–H groups in total. The summed E-state index contributed by atoms with van der Waals surface area (Å²) < 4.78 is 0. The molecule has 3 rings (SSSR count). The average Bonchev–Trinajstić information content (AvgIpc) is 2.73. The summed E-state index contributed by atoms with van der Waals surface area (Å²) in [4.78, 5) is 0. The third-order valence-corrected chi connectivity index (χ3v) is 11.9. The number of hydrogen-bond donors (Lipinski definition) is 0. The van der Waals surface area contributed by atoms with Gasteiger partial charge in [-0.15, -0.1) is 0 Å². The van der Waals surface area contributed by atoms with E-state index in [9.17, 15) is 0 Å². The second-order valence-electron chi connectivity index (χ2n) is 10.4. The molecule has 0 aliphatic rings. The van der Waals surface area contributed by atoms with E-state index >= 15 is 0 Å². The Balaban J connectivity index is 2.19. The van der Waals surface area contributed by atoms with Crippen molar-refractivity contribution in [1.29, 1.82) is 0 Å². The van der Waals surface area contributed by atoms with Gasteiger partial charge in [0.25, 0.3) is 0 Å². The topological polar surface area (TPSA) is 0 Å². The van der Waals surface area contributed by atoms with Crippen molar-refractivity contribution in [2.24, 2.45) is 10.8 Å². The van der Waals surface area contributed by atoms with Gasteiger partial charge in [0.05, 0.1) is 0 Å². The van der Waals surface area contributed by atoms with E-state index < -0.39 is 7.26 Å². The van der Waals surface area contributed by atoms with Crippen LogP contribution in [0.2, 0.25) is 0 Å². The summed E-state index contributed by atoms with van der Waals surface area (Å²) in [6.45, 7) is 12.2. The second-order valence-corrected chi connectivity index (χ2v) is 14.3. The maximum atomic E-state index is 2.50. The van der Waals surface area contributed by atoms with Crippen LogP contribution in [-0.4, -0.2) is 6.16 Å². The van der Waals surface area contributed by atoms with Crippen molar-refractivity contribution < 1.29 is 0 Å². The fourth-order valence-corrected chi connectivity index (χ4v) is 11.3. The fraction of sp³-hybridized carbons (Fsp3) is 0.379. The Hall–Kier alpha value is -1.91. The van der Waals surface area contributed by atoms with Gasteiger partial charge in [-0.25, -0.2) is 0 Å². The Kier molecular flexibility index (Phi) is 7.20. The molecule has 3 aromatic carbocycles. The summed E-state index contributed by atoms with van der Waals surface area (Å²) >= 11 is 0. The van der Waals surface area contributed by atoms with Gasteiger partial charge in [-0.05, 0) is 0 Å². The first-order valence-corrected chi connectivity index (χ1v) is 13.7. The summed E-state index contributed by atoms with van der Waals surface area (Å²) in [6, 6.07) is 34.0. The van der Waals surface area contributed by atoms with Crippen molar-refractivity contribution in [2.75, 3.05) is 6.16 Å². The van der Waals surface area contributed by atoms with Crippen molar-refractivity contribution in [1.82, 2.24) is 0 Å². The molecule has 160 valence electrons. The Morgan fingerprint density at radius 2 is 0.933 bits per heavy atom. The molecule has 3 aromatic rings. The summed E-state index contributed by atoms with van der Waals surface area (Å²) in [5.74, 6) is 0. The van der Waals surface area contributed by atoms with E-state index in [1.165, 1.54) is 41.3 Å². The van der Waals surface area contributed by atoms with Gasteiger partial charge in [-0.1, -0.05) is 0 Å². The Morgan fingerprint density at radius 1 is 0.567 bits per heavy atom. The van der Waals surface area contributed by atoms with Crippen LogP contribution in [0.3, 0.4) is 0 Å². The molecule has 0 spiro atoms. The van der Waals surface area contributed by atoms with Crippen LogP contribution in [-0.2, 0) is 0 Å². The Labute approximate surface area is 185 Å². The molecule has 0 aromatic heterocycles. The van der Waals surface area contributed by atoms with Gasteiger partial charge in [0.1, 0.15) is 0 Å². The second kappa shape index (κ2) is 9.49. The molecule has 0 aliphatic carbocycles. The van der Waals surface area contributed by atoms with Crippen molar-refractivity contribution >= 4 is 23.2 Å². The van der Waals surface area contributed by atoms with E-state index in [2.05, 4.69) is 126 Å². The summed E-state index contributed by atoms with van der Waals surface area (Å²) in [5, 5.41) is 4.55. The Bertz CT molecular complexity index is 798.